The quantitative estimate of drug-likeness (QED) is 0.513. The molecule has 1 unspecified atom stereocenters. The van der Waals surface area contributed by atoms with Crippen molar-refractivity contribution in [3.63, 3.8) is 0 Å². The summed E-state index contributed by atoms with van der Waals surface area (Å²) in [5.74, 6) is 0.907. The van der Waals surface area contributed by atoms with E-state index in [4.69, 9.17) is 4.74 Å². The third kappa shape index (κ3) is 3.23. The highest BCUT2D eigenvalue weighted by molar-refractivity contribution is 7.99. The van der Waals surface area contributed by atoms with E-state index in [9.17, 15) is 0 Å². The van der Waals surface area contributed by atoms with Crippen LogP contribution in [0, 0.1) is 0 Å². The Labute approximate surface area is 154 Å². The predicted molar refractivity (Wildman–Crippen MR) is 110 cm³/mol. The van der Waals surface area contributed by atoms with E-state index in [0.717, 1.165) is 29.8 Å². The van der Waals surface area contributed by atoms with Crippen LogP contribution in [0.2, 0.25) is 0 Å². The largest absolute Gasteiger partial charge is 0.497 e. The SMILES string of the molecule is CCCC(C)(c1cccc(OC)c1)c1c[nH]c2c(NSC)cccc12. The third-order valence-electron chi connectivity index (χ3n) is 4.98. The Morgan fingerprint density at radius 3 is 2.72 bits per heavy atom. The molecule has 25 heavy (non-hydrogen) atoms. The minimum absolute atomic E-state index is 0.0699. The maximum atomic E-state index is 5.46. The van der Waals surface area contributed by atoms with Gasteiger partial charge in [-0.05, 0) is 35.7 Å². The smallest absolute Gasteiger partial charge is 0.119 e. The van der Waals surface area contributed by atoms with E-state index >= 15 is 0 Å². The number of methoxy groups -OCH3 is 1. The van der Waals surface area contributed by atoms with Gasteiger partial charge in [0.05, 0.1) is 18.3 Å². The molecule has 0 radical (unpaired) electrons. The molecule has 0 fully saturated rings. The van der Waals surface area contributed by atoms with Gasteiger partial charge in [-0.25, -0.2) is 0 Å². The van der Waals surface area contributed by atoms with E-state index in [1.165, 1.54) is 16.5 Å². The number of H-pyrrole nitrogens is 1. The maximum Gasteiger partial charge on any atom is 0.119 e. The number of ether oxygens (including phenoxy) is 1. The van der Waals surface area contributed by atoms with Crippen LogP contribution < -0.4 is 9.46 Å². The van der Waals surface area contributed by atoms with Crippen molar-refractivity contribution < 1.29 is 4.74 Å². The van der Waals surface area contributed by atoms with Crippen LogP contribution in [-0.4, -0.2) is 18.3 Å². The number of benzene rings is 2. The average Bonchev–Trinajstić information content (AvgIpc) is 3.08. The van der Waals surface area contributed by atoms with Crippen LogP contribution in [0.1, 0.15) is 37.8 Å². The van der Waals surface area contributed by atoms with Gasteiger partial charge >= 0.3 is 0 Å². The fourth-order valence-corrected chi connectivity index (χ4v) is 4.10. The van der Waals surface area contributed by atoms with E-state index in [1.54, 1.807) is 19.1 Å². The van der Waals surface area contributed by atoms with Crippen LogP contribution >= 0.6 is 11.9 Å². The number of hydrogen-bond donors (Lipinski definition) is 2. The van der Waals surface area contributed by atoms with E-state index in [1.807, 2.05) is 12.3 Å². The first-order valence-electron chi connectivity index (χ1n) is 8.68. The highest BCUT2D eigenvalue weighted by atomic mass is 32.2. The summed E-state index contributed by atoms with van der Waals surface area (Å²) >= 11 is 1.61. The molecular weight excluding hydrogens is 328 g/mol. The summed E-state index contributed by atoms with van der Waals surface area (Å²) in [4.78, 5) is 3.50. The lowest BCUT2D eigenvalue weighted by molar-refractivity contribution is 0.412. The minimum Gasteiger partial charge on any atom is -0.497 e. The fraction of sp³-hybridized carbons (Fsp3) is 0.333. The summed E-state index contributed by atoms with van der Waals surface area (Å²) in [7, 11) is 1.72. The molecule has 3 aromatic rings. The number of aromatic amines is 1. The van der Waals surface area contributed by atoms with Crippen molar-refractivity contribution in [3.05, 3.63) is 59.8 Å². The van der Waals surface area contributed by atoms with Gasteiger partial charge in [0.25, 0.3) is 0 Å². The standard InChI is InChI=1S/C21H26N2OS/c1-5-12-21(2,15-8-6-9-16(13-15)24-3)18-14-22-20-17(18)10-7-11-19(20)23-25-4/h6-11,13-14,22-23H,5,12H2,1-4H3. The average molecular weight is 355 g/mol. The molecule has 0 saturated carbocycles. The van der Waals surface area contributed by atoms with Crippen LogP contribution in [0.4, 0.5) is 5.69 Å². The highest BCUT2D eigenvalue weighted by Gasteiger charge is 2.31. The lowest BCUT2D eigenvalue weighted by Crippen LogP contribution is -2.23. The van der Waals surface area contributed by atoms with Crippen molar-refractivity contribution in [2.75, 3.05) is 18.1 Å². The first-order chi connectivity index (χ1) is 12.1. The molecule has 1 aromatic heterocycles. The van der Waals surface area contributed by atoms with Gasteiger partial charge in [0.15, 0.2) is 0 Å². The molecule has 0 spiro atoms. The lowest BCUT2D eigenvalue weighted by atomic mass is 9.73. The van der Waals surface area contributed by atoms with E-state index < -0.39 is 0 Å². The number of fused-ring (bicyclic) bond motifs is 1. The molecule has 3 rings (SSSR count). The summed E-state index contributed by atoms with van der Waals surface area (Å²) < 4.78 is 8.83. The van der Waals surface area contributed by atoms with Crippen LogP contribution in [0.15, 0.2) is 48.7 Å². The van der Waals surface area contributed by atoms with Gasteiger partial charge in [-0.2, -0.15) is 0 Å². The van der Waals surface area contributed by atoms with Gasteiger partial charge in [-0.1, -0.05) is 56.5 Å². The van der Waals surface area contributed by atoms with Crippen LogP contribution in [0.25, 0.3) is 10.9 Å². The van der Waals surface area contributed by atoms with Gasteiger partial charge in [0.2, 0.25) is 0 Å². The topological polar surface area (TPSA) is 37.0 Å². The zero-order chi connectivity index (χ0) is 17.9. The Bertz CT molecular complexity index is 858. The Balaban J connectivity index is 2.18. The molecule has 0 saturated heterocycles. The van der Waals surface area contributed by atoms with Crippen LogP contribution in [-0.2, 0) is 5.41 Å². The Morgan fingerprint density at radius 1 is 1.20 bits per heavy atom. The van der Waals surface area contributed by atoms with Crippen molar-refractivity contribution >= 4 is 28.5 Å². The number of para-hydroxylation sites is 1. The second-order valence-corrected chi connectivity index (χ2v) is 7.16. The van der Waals surface area contributed by atoms with E-state index in [-0.39, 0.29) is 5.41 Å². The Hall–Kier alpha value is -2.07. The predicted octanol–water partition coefficient (Wildman–Crippen LogP) is 5.97. The Morgan fingerprint density at radius 2 is 2.00 bits per heavy atom. The second kappa shape index (κ2) is 7.44. The van der Waals surface area contributed by atoms with Crippen LogP contribution in [0.5, 0.6) is 5.75 Å². The summed E-state index contributed by atoms with van der Waals surface area (Å²) in [5.41, 5.74) is 4.84. The number of hydrogen-bond acceptors (Lipinski definition) is 3. The molecule has 4 heteroatoms. The molecule has 0 bridgehead atoms. The minimum atomic E-state index is -0.0699. The molecule has 2 N–H and O–H groups in total. The van der Waals surface area contributed by atoms with Crippen molar-refractivity contribution in [3.8, 4) is 5.75 Å². The monoisotopic (exact) mass is 354 g/mol. The molecule has 1 heterocycles. The van der Waals surface area contributed by atoms with Gasteiger partial charge in [-0.3, -0.25) is 0 Å². The molecule has 2 aromatic carbocycles. The molecule has 3 nitrogen and oxygen atoms in total. The number of aromatic nitrogens is 1. The fourth-order valence-electron chi connectivity index (χ4n) is 3.71. The summed E-state index contributed by atoms with van der Waals surface area (Å²) in [6, 6.07) is 14.9. The molecule has 0 aliphatic rings. The van der Waals surface area contributed by atoms with Gasteiger partial charge in [-0.15, -0.1) is 0 Å². The molecule has 0 amide bonds. The van der Waals surface area contributed by atoms with Crippen LogP contribution in [0.3, 0.4) is 0 Å². The Kier molecular flexibility index (Phi) is 5.28. The second-order valence-electron chi connectivity index (χ2n) is 6.55. The van der Waals surface area contributed by atoms with Crippen molar-refractivity contribution in [1.29, 1.82) is 0 Å². The molecular formula is C21H26N2OS. The summed E-state index contributed by atoms with van der Waals surface area (Å²) in [6.07, 6.45) is 6.40. The first-order valence-corrected chi connectivity index (χ1v) is 9.90. The lowest BCUT2D eigenvalue weighted by Gasteiger charge is -2.30. The number of rotatable bonds is 7. The number of anilines is 1. The highest BCUT2D eigenvalue weighted by Crippen LogP contribution is 2.42. The zero-order valence-corrected chi connectivity index (χ0v) is 16.2. The molecule has 0 aliphatic carbocycles. The van der Waals surface area contributed by atoms with Gasteiger partial charge in [0.1, 0.15) is 5.75 Å². The van der Waals surface area contributed by atoms with E-state index in [2.05, 4.69) is 66.1 Å². The summed E-state index contributed by atoms with van der Waals surface area (Å²) in [6.45, 7) is 4.58. The summed E-state index contributed by atoms with van der Waals surface area (Å²) in [5, 5.41) is 1.28. The van der Waals surface area contributed by atoms with Crippen molar-refractivity contribution in [1.82, 2.24) is 4.98 Å². The van der Waals surface area contributed by atoms with Crippen molar-refractivity contribution in [2.45, 2.75) is 32.1 Å². The molecule has 132 valence electrons. The molecule has 0 aliphatic heterocycles. The van der Waals surface area contributed by atoms with Crippen molar-refractivity contribution in [2.24, 2.45) is 0 Å². The zero-order valence-electron chi connectivity index (χ0n) is 15.3. The van der Waals surface area contributed by atoms with Gasteiger partial charge in [0, 0.05) is 23.3 Å². The maximum absolute atomic E-state index is 5.46. The van der Waals surface area contributed by atoms with Gasteiger partial charge < -0.3 is 14.4 Å². The van der Waals surface area contributed by atoms with E-state index in [0.29, 0.717) is 0 Å². The third-order valence-corrected chi connectivity index (χ3v) is 5.40. The number of nitrogens with one attached hydrogen (secondary N) is 2. The normalized spacial score (nSPS) is 13.6. The first kappa shape index (κ1) is 17.7. The molecule has 1 atom stereocenters.